The van der Waals surface area contributed by atoms with Gasteiger partial charge in [0, 0.05) is 0 Å². The van der Waals surface area contributed by atoms with E-state index in [1.165, 1.54) is 196 Å². The number of fused-ring (bicyclic) bond motifs is 13. The second kappa shape index (κ2) is 15.6. The highest BCUT2D eigenvalue weighted by atomic mass is 14.4. The topological polar surface area (TPSA) is 0 Å². The van der Waals surface area contributed by atoms with Crippen molar-refractivity contribution in [2.45, 2.75) is 0 Å². The fourth-order valence-electron chi connectivity index (χ4n) is 15.6. The molecule has 0 radical (unpaired) electrons. The number of benzene rings is 16. The summed E-state index contributed by atoms with van der Waals surface area (Å²) in [4.78, 5) is 0. The monoisotopic (exact) mass is 1000 g/mol. The Morgan fingerprint density at radius 1 is 0.138 bits per heavy atom. The highest BCUT2D eigenvalue weighted by molar-refractivity contribution is 6.48. The molecule has 19 rings (SSSR count). The molecule has 0 aromatic heterocycles. The largest absolute Gasteiger partial charge is 0.0622 e. The van der Waals surface area contributed by atoms with E-state index in [1.807, 2.05) is 0 Å². The molecule has 80 heavy (non-hydrogen) atoms. The molecule has 0 nitrogen and oxygen atoms in total. The van der Waals surface area contributed by atoms with Crippen molar-refractivity contribution >= 4 is 118 Å². The normalized spacial score (nSPS) is 12.5. The van der Waals surface area contributed by atoms with Gasteiger partial charge in [-0.2, -0.15) is 0 Å². The van der Waals surface area contributed by atoms with Crippen LogP contribution in [0.15, 0.2) is 267 Å². The summed E-state index contributed by atoms with van der Waals surface area (Å²) < 4.78 is 0. The molecule has 0 unspecified atom stereocenters. The molecular weight excluding hydrogens is 961 g/mol. The van der Waals surface area contributed by atoms with E-state index in [4.69, 9.17) is 0 Å². The first-order valence-electron chi connectivity index (χ1n) is 28.1. The first kappa shape index (κ1) is 42.7. The summed E-state index contributed by atoms with van der Waals surface area (Å²) in [5.74, 6) is 0. The third kappa shape index (κ3) is 5.40. The lowest BCUT2D eigenvalue weighted by Gasteiger charge is -2.22. The molecule has 0 saturated heterocycles. The van der Waals surface area contributed by atoms with Crippen LogP contribution in [-0.4, -0.2) is 0 Å². The molecule has 0 saturated carbocycles. The van der Waals surface area contributed by atoms with Gasteiger partial charge in [0.05, 0.1) is 0 Å². The molecule has 18 aromatic carbocycles. The molecule has 0 bridgehead atoms. The van der Waals surface area contributed by atoms with E-state index >= 15 is 0 Å². The minimum Gasteiger partial charge on any atom is -0.0622 e. The molecule has 1 aliphatic rings. The van der Waals surface area contributed by atoms with Crippen LogP contribution in [0.4, 0.5) is 0 Å². The zero-order valence-corrected chi connectivity index (χ0v) is 43.4. The van der Waals surface area contributed by atoms with Crippen molar-refractivity contribution < 1.29 is 0 Å². The Balaban J connectivity index is 0.962. The van der Waals surface area contributed by atoms with E-state index in [0.29, 0.717) is 0 Å². The summed E-state index contributed by atoms with van der Waals surface area (Å²) in [6.45, 7) is 0. The van der Waals surface area contributed by atoms with Gasteiger partial charge >= 0.3 is 0 Å². The maximum atomic E-state index is 2.54. The predicted octanol–water partition coefficient (Wildman–Crippen LogP) is 22.7. The van der Waals surface area contributed by atoms with Gasteiger partial charge in [-0.15, -0.1) is 0 Å². The lowest BCUT2D eigenvalue weighted by Crippen LogP contribution is -1.95. The van der Waals surface area contributed by atoms with Crippen LogP contribution in [-0.2, 0) is 0 Å². The summed E-state index contributed by atoms with van der Waals surface area (Å²) in [6.07, 6.45) is 0. The first-order valence-corrected chi connectivity index (χ1v) is 28.1. The lowest BCUT2D eigenvalue weighted by molar-refractivity contribution is 1.59. The lowest BCUT2D eigenvalue weighted by atomic mass is 9.81. The Hall–Kier alpha value is -10.4. The summed E-state index contributed by atoms with van der Waals surface area (Å²) in [5.41, 5.74) is 17.9. The summed E-state index contributed by atoms with van der Waals surface area (Å²) >= 11 is 0. The van der Waals surface area contributed by atoms with Crippen molar-refractivity contribution in [2.24, 2.45) is 0 Å². The smallest absolute Gasteiger partial charge is 0.000718 e. The van der Waals surface area contributed by atoms with Gasteiger partial charge in [-0.25, -0.2) is 0 Å². The van der Waals surface area contributed by atoms with Crippen LogP contribution in [0.3, 0.4) is 0 Å². The Labute approximate surface area is 460 Å². The maximum Gasteiger partial charge on any atom is -0.000718 e. The van der Waals surface area contributed by atoms with Crippen LogP contribution in [0.25, 0.3) is 196 Å². The Kier molecular flexibility index (Phi) is 8.34. The fourth-order valence-corrected chi connectivity index (χ4v) is 15.6. The third-order valence-corrected chi connectivity index (χ3v) is 18.6. The minimum atomic E-state index is 1.22. The molecule has 364 valence electrons. The highest BCUT2D eigenvalue weighted by Gasteiger charge is 2.34. The Morgan fingerprint density at radius 2 is 0.500 bits per heavy atom. The molecule has 0 amide bonds. The predicted molar refractivity (Wildman–Crippen MR) is 344 cm³/mol. The number of hydrogen-bond acceptors (Lipinski definition) is 0. The van der Waals surface area contributed by atoms with Crippen LogP contribution >= 0.6 is 0 Å². The first-order chi connectivity index (χ1) is 39.8. The SMILES string of the molecule is c1ccc(-c2ccccc2-c2c3c(c(-c4ccccc4)c4ccccc24)-c2ccc4c5ccc6c7c(-c8ccccc8)c8cc9c(cc8c(-c8ccccc8)c7c7ccc(c8ccc-3c2c48)c5c67)c2cccc3cccc9c32)cc1. The van der Waals surface area contributed by atoms with E-state index < -0.39 is 0 Å². The molecule has 0 N–H and O–H groups in total. The van der Waals surface area contributed by atoms with Crippen LogP contribution in [0, 0.1) is 0 Å². The van der Waals surface area contributed by atoms with E-state index in [2.05, 4.69) is 267 Å². The van der Waals surface area contributed by atoms with Gasteiger partial charge in [-0.1, -0.05) is 255 Å². The number of rotatable bonds is 5. The van der Waals surface area contributed by atoms with Crippen molar-refractivity contribution in [1.29, 1.82) is 0 Å². The minimum absolute atomic E-state index is 1.22. The third-order valence-electron chi connectivity index (χ3n) is 18.6. The zero-order chi connectivity index (χ0) is 51.9. The van der Waals surface area contributed by atoms with E-state index in [0.717, 1.165) is 0 Å². The Morgan fingerprint density at radius 3 is 1.02 bits per heavy atom. The van der Waals surface area contributed by atoms with Crippen molar-refractivity contribution in [2.75, 3.05) is 0 Å². The van der Waals surface area contributed by atoms with Crippen LogP contribution in [0.2, 0.25) is 0 Å². The molecule has 18 aromatic rings. The van der Waals surface area contributed by atoms with E-state index in [1.54, 1.807) is 0 Å². The fraction of sp³-hybridized carbons (Fsp3) is 0. The van der Waals surface area contributed by atoms with E-state index in [-0.39, 0.29) is 0 Å². The molecule has 0 fully saturated rings. The second-order valence-electron chi connectivity index (χ2n) is 22.4. The van der Waals surface area contributed by atoms with Gasteiger partial charge in [-0.05, 0) is 209 Å². The maximum absolute atomic E-state index is 2.54. The molecule has 0 heterocycles. The molecule has 0 heteroatoms. The average molecular weight is 1010 g/mol. The number of hydrogen-bond donors (Lipinski definition) is 0. The van der Waals surface area contributed by atoms with Crippen molar-refractivity contribution in [3.63, 3.8) is 0 Å². The van der Waals surface area contributed by atoms with Crippen LogP contribution < -0.4 is 0 Å². The molecule has 0 spiro atoms. The Bertz CT molecular complexity index is 5460. The van der Waals surface area contributed by atoms with Gasteiger partial charge < -0.3 is 0 Å². The summed E-state index contributed by atoms with van der Waals surface area (Å²) in [5, 5.41) is 28.9. The van der Waals surface area contributed by atoms with Gasteiger partial charge in [0.15, 0.2) is 0 Å². The van der Waals surface area contributed by atoms with E-state index in [9.17, 15) is 0 Å². The quantitative estimate of drug-likeness (QED) is 0.119. The van der Waals surface area contributed by atoms with Gasteiger partial charge in [-0.3, -0.25) is 0 Å². The zero-order valence-electron chi connectivity index (χ0n) is 43.4. The van der Waals surface area contributed by atoms with Crippen LogP contribution in [0.5, 0.6) is 0 Å². The van der Waals surface area contributed by atoms with Gasteiger partial charge in [0.2, 0.25) is 0 Å². The second-order valence-corrected chi connectivity index (χ2v) is 22.4. The summed E-state index contributed by atoms with van der Waals surface area (Å²) in [6, 6.07) is 101. The highest BCUT2D eigenvalue weighted by Crippen LogP contribution is 2.62. The summed E-state index contributed by atoms with van der Waals surface area (Å²) in [7, 11) is 0. The molecular formula is C80H44. The van der Waals surface area contributed by atoms with Crippen molar-refractivity contribution in [1.82, 2.24) is 0 Å². The van der Waals surface area contributed by atoms with Gasteiger partial charge in [0.25, 0.3) is 0 Å². The molecule has 0 aliphatic heterocycles. The van der Waals surface area contributed by atoms with Crippen molar-refractivity contribution in [3.05, 3.63) is 267 Å². The standard InChI is InChI=1S/C80H44/c1-5-19-45(20-6-1)50-29-13-14-30-51(50)74-53-32-16-15-31-52(53)69(47-21-7-2-8-22-47)77-60-39-35-58-56-36-40-61-75-62(41-37-57(72(56)75)59-38-42-63(80(74)77)76(60)73(58)59)79-71(49-25-11-4-12-26-49)67-44-65-55-34-18-28-46-27-17-33-54(68(46)55)64(65)43-66(67)70(78(61)79)48-23-9-3-10-24-48/h1-44H. The molecule has 1 aliphatic carbocycles. The van der Waals surface area contributed by atoms with Gasteiger partial charge in [0.1, 0.15) is 0 Å². The van der Waals surface area contributed by atoms with Crippen molar-refractivity contribution in [3.8, 4) is 77.9 Å². The van der Waals surface area contributed by atoms with Crippen LogP contribution in [0.1, 0.15) is 0 Å². The average Bonchev–Trinajstić information content (AvgIpc) is 4.17. The molecule has 0 atom stereocenters.